The second-order valence-electron chi connectivity index (χ2n) is 6.67. The van der Waals surface area contributed by atoms with E-state index in [0.29, 0.717) is 12.2 Å². The van der Waals surface area contributed by atoms with Crippen LogP contribution in [0, 0.1) is 23.7 Å². The zero-order valence-electron chi connectivity index (χ0n) is 13.2. The Morgan fingerprint density at radius 1 is 1.23 bits per heavy atom. The summed E-state index contributed by atoms with van der Waals surface area (Å²) < 4.78 is 5.31. The van der Waals surface area contributed by atoms with Crippen molar-refractivity contribution in [3.63, 3.8) is 0 Å². The number of halogens is 1. The summed E-state index contributed by atoms with van der Waals surface area (Å²) in [5, 5.41) is 2.33. The van der Waals surface area contributed by atoms with Gasteiger partial charge in [-0.2, -0.15) is 0 Å². The lowest BCUT2D eigenvalue weighted by atomic mass is 9.80. The molecule has 4 heteroatoms. The van der Waals surface area contributed by atoms with Crippen LogP contribution in [0.25, 0.3) is 0 Å². The summed E-state index contributed by atoms with van der Waals surface area (Å²) in [6, 6.07) is 9.21. The number of benzene rings is 1. The van der Waals surface area contributed by atoms with Crippen LogP contribution in [0.4, 0.5) is 0 Å². The summed E-state index contributed by atoms with van der Waals surface area (Å²) in [4.78, 5) is 11.8. The third-order valence-electron chi connectivity index (χ3n) is 5.54. The first-order valence-corrected chi connectivity index (χ1v) is 8.29. The van der Waals surface area contributed by atoms with Gasteiger partial charge in [0.1, 0.15) is 13.2 Å². The molecule has 0 spiro atoms. The van der Waals surface area contributed by atoms with Gasteiger partial charge in [-0.3, -0.25) is 0 Å². The number of hydrogen-bond donors (Lipinski definition) is 1. The fourth-order valence-electron chi connectivity index (χ4n) is 4.31. The predicted molar refractivity (Wildman–Crippen MR) is 81.9 cm³/mol. The van der Waals surface area contributed by atoms with Gasteiger partial charge < -0.3 is 22.5 Å². The first-order valence-electron chi connectivity index (χ1n) is 8.29. The maximum atomic E-state index is 11.8. The summed E-state index contributed by atoms with van der Waals surface area (Å²) in [5.74, 6) is 3.52. The monoisotopic (exact) mass is 323 g/mol. The van der Waals surface area contributed by atoms with Gasteiger partial charge >= 0.3 is 5.97 Å². The molecule has 3 rings (SSSR count). The van der Waals surface area contributed by atoms with Gasteiger partial charge in [-0.1, -0.05) is 25.1 Å². The molecule has 1 aromatic rings. The fraction of sp³-hybridized carbons (Fsp3) is 0.611. The van der Waals surface area contributed by atoms with Crippen molar-refractivity contribution in [2.45, 2.75) is 26.2 Å². The third kappa shape index (κ3) is 3.82. The van der Waals surface area contributed by atoms with Crippen LogP contribution < -0.4 is 17.7 Å². The zero-order chi connectivity index (χ0) is 14.7. The SMILES string of the molecule is CC1C2CCC(C2)C1C[NH2+]CCOC(=O)c1ccccc1.[Cl-]. The summed E-state index contributed by atoms with van der Waals surface area (Å²) in [6.07, 6.45) is 4.36. The van der Waals surface area contributed by atoms with E-state index >= 15 is 0 Å². The Kier molecular flexibility index (Phi) is 6.27. The number of rotatable bonds is 6. The minimum absolute atomic E-state index is 0. The van der Waals surface area contributed by atoms with E-state index in [2.05, 4.69) is 12.2 Å². The summed E-state index contributed by atoms with van der Waals surface area (Å²) in [7, 11) is 0. The van der Waals surface area contributed by atoms with E-state index in [4.69, 9.17) is 4.74 Å². The van der Waals surface area contributed by atoms with E-state index in [1.807, 2.05) is 18.2 Å². The van der Waals surface area contributed by atoms with Gasteiger partial charge in [0.05, 0.1) is 12.1 Å². The largest absolute Gasteiger partial charge is 1.00 e. The molecule has 2 N–H and O–H groups in total. The van der Waals surface area contributed by atoms with Crippen molar-refractivity contribution >= 4 is 5.97 Å². The van der Waals surface area contributed by atoms with Gasteiger partial charge in [0.2, 0.25) is 0 Å². The van der Waals surface area contributed by atoms with E-state index in [0.717, 1.165) is 30.2 Å². The molecular formula is C18H26ClNO2. The van der Waals surface area contributed by atoms with Crippen molar-refractivity contribution in [3.05, 3.63) is 35.9 Å². The Bertz CT molecular complexity index is 477. The third-order valence-corrected chi connectivity index (χ3v) is 5.54. The van der Waals surface area contributed by atoms with Gasteiger partial charge in [0.25, 0.3) is 0 Å². The smallest absolute Gasteiger partial charge is 0.338 e. The molecule has 1 aromatic carbocycles. The lowest BCUT2D eigenvalue weighted by Crippen LogP contribution is -3.00. The molecule has 0 aromatic heterocycles. The molecule has 3 nitrogen and oxygen atoms in total. The molecule has 0 aliphatic heterocycles. The molecule has 0 radical (unpaired) electrons. The lowest BCUT2D eigenvalue weighted by Gasteiger charge is -2.26. The second-order valence-corrected chi connectivity index (χ2v) is 6.67. The van der Waals surface area contributed by atoms with E-state index in [1.165, 1.54) is 25.8 Å². The van der Waals surface area contributed by atoms with Gasteiger partial charge in [-0.25, -0.2) is 4.79 Å². The van der Waals surface area contributed by atoms with E-state index in [-0.39, 0.29) is 18.4 Å². The second kappa shape index (κ2) is 7.98. The first kappa shape index (κ1) is 17.3. The quantitative estimate of drug-likeness (QED) is 0.544. The molecule has 4 unspecified atom stereocenters. The van der Waals surface area contributed by atoms with Crippen LogP contribution in [0.5, 0.6) is 0 Å². The molecule has 122 valence electrons. The average molecular weight is 324 g/mol. The topological polar surface area (TPSA) is 42.9 Å². The highest BCUT2D eigenvalue weighted by Crippen LogP contribution is 2.51. The van der Waals surface area contributed by atoms with Crippen LogP contribution in [0.1, 0.15) is 36.5 Å². The Morgan fingerprint density at radius 3 is 2.64 bits per heavy atom. The minimum atomic E-state index is -0.211. The molecule has 0 saturated heterocycles. The molecule has 22 heavy (non-hydrogen) atoms. The summed E-state index contributed by atoms with van der Waals surface area (Å²) >= 11 is 0. The van der Waals surface area contributed by atoms with Crippen molar-refractivity contribution in [1.29, 1.82) is 0 Å². The molecule has 2 aliphatic carbocycles. The highest BCUT2D eigenvalue weighted by atomic mass is 35.5. The number of fused-ring (bicyclic) bond motifs is 2. The summed E-state index contributed by atoms with van der Waals surface area (Å²) in [6.45, 7) is 5.01. The zero-order valence-corrected chi connectivity index (χ0v) is 14.0. The van der Waals surface area contributed by atoms with Gasteiger partial charge in [-0.05, 0) is 49.1 Å². The van der Waals surface area contributed by atoms with E-state index in [9.17, 15) is 4.79 Å². The molecule has 0 heterocycles. The Labute approximate surface area is 139 Å². The number of carbonyl (C=O) groups excluding carboxylic acids is 1. The van der Waals surface area contributed by atoms with Crippen molar-refractivity contribution < 1.29 is 27.3 Å². The van der Waals surface area contributed by atoms with E-state index in [1.54, 1.807) is 12.1 Å². The van der Waals surface area contributed by atoms with Crippen LogP contribution in [0.3, 0.4) is 0 Å². The first-order chi connectivity index (χ1) is 10.3. The molecule has 2 aliphatic rings. The standard InChI is InChI=1S/C18H25NO2.ClH/c1-13-15-7-8-16(11-15)17(13)12-19-9-10-21-18(20)14-5-3-2-4-6-14;/h2-6,13,15-17,19H,7-12H2,1H3;1H. The maximum Gasteiger partial charge on any atom is 0.338 e. The number of esters is 1. The van der Waals surface area contributed by atoms with Crippen molar-refractivity contribution in [2.24, 2.45) is 23.7 Å². The number of ether oxygens (including phenoxy) is 1. The van der Waals surface area contributed by atoms with Crippen LogP contribution in [-0.4, -0.2) is 25.7 Å². The van der Waals surface area contributed by atoms with Crippen LogP contribution >= 0.6 is 0 Å². The van der Waals surface area contributed by atoms with E-state index < -0.39 is 0 Å². The number of carbonyl (C=O) groups is 1. The van der Waals surface area contributed by atoms with Gasteiger partial charge in [0.15, 0.2) is 0 Å². The number of hydrogen-bond acceptors (Lipinski definition) is 2. The maximum absolute atomic E-state index is 11.8. The minimum Gasteiger partial charge on any atom is -1.00 e. The lowest BCUT2D eigenvalue weighted by molar-refractivity contribution is -0.663. The highest BCUT2D eigenvalue weighted by Gasteiger charge is 2.45. The average Bonchev–Trinajstić information content (AvgIpc) is 3.10. The van der Waals surface area contributed by atoms with Crippen molar-refractivity contribution in [1.82, 2.24) is 0 Å². The van der Waals surface area contributed by atoms with Crippen molar-refractivity contribution in [3.8, 4) is 0 Å². The Hall–Kier alpha value is -1.06. The molecule has 2 fully saturated rings. The Morgan fingerprint density at radius 2 is 1.95 bits per heavy atom. The number of nitrogens with two attached hydrogens (primary N) is 1. The normalized spacial score (nSPS) is 29.1. The molecule has 2 saturated carbocycles. The molecular weight excluding hydrogens is 298 g/mol. The van der Waals surface area contributed by atoms with Crippen LogP contribution in [0.15, 0.2) is 30.3 Å². The van der Waals surface area contributed by atoms with Crippen LogP contribution in [-0.2, 0) is 4.74 Å². The van der Waals surface area contributed by atoms with Crippen molar-refractivity contribution in [2.75, 3.05) is 19.7 Å². The van der Waals surface area contributed by atoms with Gasteiger partial charge in [-0.15, -0.1) is 0 Å². The predicted octanol–water partition coefficient (Wildman–Crippen LogP) is -0.907. The molecule has 4 atom stereocenters. The highest BCUT2D eigenvalue weighted by molar-refractivity contribution is 5.89. The summed E-state index contributed by atoms with van der Waals surface area (Å²) in [5.41, 5.74) is 0.638. The Balaban J connectivity index is 0.00000176. The van der Waals surface area contributed by atoms with Crippen LogP contribution in [0.2, 0.25) is 0 Å². The fourth-order valence-corrected chi connectivity index (χ4v) is 4.31. The molecule has 2 bridgehead atoms. The number of quaternary nitrogens is 1. The molecule has 0 amide bonds. The van der Waals surface area contributed by atoms with Gasteiger partial charge in [0, 0.05) is 5.92 Å².